The molecule has 0 bridgehead atoms. The van der Waals surface area contributed by atoms with Gasteiger partial charge in [-0.3, -0.25) is 9.69 Å². The topological polar surface area (TPSA) is 38.8 Å². The summed E-state index contributed by atoms with van der Waals surface area (Å²) in [6.07, 6.45) is 0. The van der Waals surface area contributed by atoms with Crippen LogP contribution in [0.15, 0.2) is 97.1 Å². The Morgan fingerprint density at radius 1 is 0.882 bits per heavy atom. The molecule has 0 fully saturated rings. The lowest BCUT2D eigenvalue weighted by molar-refractivity contribution is -0.122. The summed E-state index contributed by atoms with van der Waals surface area (Å²) in [7, 11) is 1.42. The number of hydrogen-bond donors (Lipinski definition) is 0. The average molecular weight is 451 g/mol. The van der Waals surface area contributed by atoms with Gasteiger partial charge >= 0.3 is 0 Å². The summed E-state index contributed by atoms with van der Waals surface area (Å²) in [4.78, 5) is 16.4. The maximum atomic E-state index is 14.5. The summed E-state index contributed by atoms with van der Waals surface area (Å²) in [5.41, 5.74) is 3.24. The predicted molar refractivity (Wildman–Crippen MR) is 128 cm³/mol. The van der Waals surface area contributed by atoms with Gasteiger partial charge in [0, 0.05) is 17.3 Å². The summed E-state index contributed by atoms with van der Waals surface area (Å²) < 4.78 is 25.7. The number of halogens is 1. The van der Waals surface area contributed by atoms with Crippen molar-refractivity contribution >= 4 is 11.6 Å². The smallest absolute Gasteiger partial charge is 0.246 e. The van der Waals surface area contributed by atoms with Gasteiger partial charge < -0.3 is 9.47 Å². The molecule has 1 unspecified atom stereocenters. The lowest BCUT2D eigenvalue weighted by Crippen LogP contribution is -2.44. The molecule has 2 heterocycles. The molecule has 2 aliphatic rings. The molecule has 1 spiro atoms. The van der Waals surface area contributed by atoms with E-state index in [4.69, 9.17) is 9.47 Å². The summed E-state index contributed by atoms with van der Waals surface area (Å²) in [6.45, 7) is 0.109. The molecule has 0 N–H and O–H groups in total. The van der Waals surface area contributed by atoms with Crippen LogP contribution in [-0.4, -0.2) is 19.6 Å². The first-order valence-electron chi connectivity index (χ1n) is 11.2. The Labute approximate surface area is 197 Å². The Morgan fingerprint density at radius 3 is 2.15 bits per heavy atom. The van der Waals surface area contributed by atoms with Crippen LogP contribution in [0.4, 0.5) is 10.1 Å². The van der Waals surface area contributed by atoms with Crippen molar-refractivity contribution in [1.29, 1.82) is 0 Å². The van der Waals surface area contributed by atoms with Gasteiger partial charge in [-0.1, -0.05) is 78.9 Å². The fourth-order valence-electron chi connectivity index (χ4n) is 5.30. The molecule has 0 saturated carbocycles. The fraction of sp³-hybridized carbons (Fsp3) is 0.138. The van der Waals surface area contributed by atoms with E-state index in [-0.39, 0.29) is 24.3 Å². The SMILES string of the molecule is COc1cc2c(cc1F)OCC21C(=O)N(C(c2ccccc2)c2ccccc2)c2ccccc21. The van der Waals surface area contributed by atoms with E-state index >= 15 is 0 Å². The molecule has 0 aromatic heterocycles. The van der Waals surface area contributed by atoms with Crippen LogP contribution in [0, 0.1) is 5.82 Å². The van der Waals surface area contributed by atoms with Crippen LogP contribution in [0.2, 0.25) is 0 Å². The number of ether oxygens (including phenoxy) is 2. The van der Waals surface area contributed by atoms with Gasteiger partial charge in [0.05, 0.1) is 13.2 Å². The minimum atomic E-state index is -1.07. The van der Waals surface area contributed by atoms with E-state index in [2.05, 4.69) is 0 Å². The van der Waals surface area contributed by atoms with Crippen LogP contribution in [0.25, 0.3) is 0 Å². The standard InChI is InChI=1S/C29H22FNO3/c1-33-26-16-22-25(17-23(26)30)34-18-29(22)21-14-8-9-15-24(21)31(28(29)32)27(19-10-4-2-5-11-19)20-12-6-3-7-13-20/h2-17,27H,18H2,1H3. The van der Waals surface area contributed by atoms with Crippen molar-refractivity contribution in [3.8, 4) is 11.5 Å². The van der Waals surface area contributed by atoms with E-state index in [9.17, 15) is 9.18 Å². The highest BCUT2D eigenvalue weighted by atomic mass is 19.1. The zero-order valence-corrected chi connectivity index (χ0v) is 18.6. The molecule has 0 saturated heterocycles. The molecule has 4 aromatic carbocycles. The monoisotopic (exact) mass is 451 g/mol. The Hall–Kier alpha value is -4.12. The van der Waals surface area contributed by atoms with Crippen LogP contribution in [0.3, 0.4) is 0 Å². The van der Waals surface area contributed by atoms with Crippen molar-refractivity contribution in [2.24, 2.45) is 0 Å². The lowest BCUT2D eigenvalue weighted by atomic mass is 9.77. The Balaban J connectivity index is 1.59. The number of fused-ring (bicyclic) bond motifs is 4. The molecule has 4 nitrogen and oxygen atoms in total. The molecular formula is C29H22FNO3. The lowest BCUT2D eigenvalue weighted by Gasteiger charge is -2.31. The van der Waals surface area contributed by atoms with Gasteiger partial charge in [-0.05, 0) is 28.8 Å². The number of para-hydroxylation sites is 1. The Kier molecular flexibility index (Phi) is 4.66. The van der Waals surface area contributed by atoms with Crippen LogP contribution < -0.4 is 14.4 Å². The van der Waals surface area contributed by atoms with Gasteiger partial charge in [0.1, 0.15) is 17.8 Å². The molecule has 6 rings (SSSR count). The maximum Gasteiger partial charge on any atom is 0.246 e. The van der Waals surface area contributed by atoms with Crippen LogP contribution in [0.1, 0.15) is 28.3 Å². The highest BCUT2D eigenvalue weighted by Crippen LogP contribution is 2.55. The molecule has 2 aliphatic heterocycles. The third kappa shape index (κ3) is 2.80. The van der Waals surface area contributed by atoms with Gasteiger partial charge in [0.25, 0.3) is 0 Å². The van der Waals surface area contributed by atoms with Crippen molar-refractivity contribution in [3.05, 3.63) is 125 Å². The molecule has 0 aliphatic carbocycles. The minimum Gasteiger partial charge on any atom is -0.494 e. The van der Waals surface area contributed by atoms with E-state index in [1.54, 1.807) is 6.07 Å². The molecule has 168 valence electrons. The van der Waals surface area contributed by atoms with E-state index < -0.39 is 11.2 Å². The van der Waals surface area contributed by atoms with Crippen LogP contribution in [-0.2, 0) is 10.2 Å². The number of benzene rings is 4. The second-order valence-electron chi connectivity index (χ2n) is 8.59. The largest absolute Gasteiger partial charge is 0.494 e. The first-order chi connectivity index (χ1) is 16.6. The fourth-order valence-corrected chi connectivity index (χ4v) is 5.30. The molecule has 5 heteroatoms. The molecule has 4 aromatic rings. The number of nitrogens with zero attached hydrogens (tertiary/aromatic N) is 1. The van der Waals surface area contributed by atoms with Crippen LogP contribution in [0.5, 0.6) is 11.5 Å². The average Bonchev–Trinajstić information content (AvgIpc) is 3.37. The molecule has 1 atom stereocenters. The minimum absolute atomic E-state index is 0.0926. The zero-order chi connectivity index (χ0) is 23.3. The summed E-state index contributed by atoms with van der Waals surface area (Å²) in [5.74, 6) is -0.145. The number of anilines is 1. The predicted octanol–water partition coefficient (Wildman–Crippen LogP) is 5.65. The van der Waals surface area contributed by atoms with Gasteiger partial charge in [-0.15, -0.1) is 0 Å². The van der Waals surface area contributed by atoms with Crippen molar-refractivity contribution < 1.29 is 18.7 Å². The van der Waals surface area contributed by atoms with Gasteiger partial charge in [0.2, 0.25) is 5.91 Å². The number of carbonyl (C=O) groups is 1. The van der Waals surface area contributed by atoms with Gasteiger partial charge in [-0.25, -0.2) is 4.39 Å². The van der Waals surface area contributed by atoms with E-state index in [1.165, 1.54) is 13.2 Å². The van der Waals surface area contributed by atoms with Crippen molar-refractivity contribution in [2.45, 2.75) is 11.5 Å². The third-order valence-electron chi connectivity index (χ3n) is 6.85. The maximum absolute atomic E-state index is 14.5. The first-order valence-corrected chi connectivity index (χ1v) is 11.2. The van der Waals surface area contributed by atoms with Crippen molar-refractivity contribution in [2.75, 3.05) is 18.6 Å². The molecule has 1 amide bonds. The Morgan fingerprint density at radius 2 is 1.50 bits per heavy atom. The second-order valence-corrected chi connectivity index (χ2v) is 8.59. The summed E-state index contributed by atoms with van der Waals surface area (Å²) in [5, 5.41) is 0. The quantitative estimate of drug-likeness (QED) is 0.403. The summed E-state index contributed by atoms with van der Waals surface area (Å²) in [6, 6.07) is 30.4. The molecule has 0 radical (unpaired) electrons. The number of carbonyl (C=O) groups excluding carboxylic acids is 1. The molecular weight excluding hydrogens is 429 g/mol. The van der Waals surface area contributed by atoms with E-state index in [0.29, 0.717) is 11.3 Å². The van der Waals surface area contributed by atoms with Gasteiger partial charge in [0.15, 0.2) is 11.6 Å². The molecule has 34 heavy (non-hydrogen) atoms. The summed E-state index contributed by atoms with van der Waals surface area (Å²) >= 11 is 0. The van der Waals surface area contributed by atoms with E-state index in [1.807, 2.05) is 89.8 Å². The Bertz CT molecular complexity index is 1350. The van der Waals surface area contributed by atoms with Crippen molar-refractivity contribution in [1.82, 2.24) is 0 Å². The third-order valence-corrected chi connectivity index (χ3v) is 6.85. The number of methoxy groups -OCH3 is 1. The first kappa shape index (κ1) is 20.5. The second kappa shape index (κ2) is 7.73. The van der Waals surface area contributed by atoms with Gasteiger partial charge in [-0.2, -0.15) is 0 Å². The highest BCUT2D eigenvalue weighted by Gasteiger charge is 2.58. The zero-order valence-electron chi connectivity index (χ0n) is 18.6. The number of amides is 1. The van der Waals surface area contributed by atoms with Crippen LogP contribution >= 0.6 is 0 Å². The number of rotatable bonds is 4. The van der Waals surface area contributed by atoms with Crippen molar-refractivity contribution in [3.63, 3.8) is 0 Å². The number of hydrogen-bond acceptors (Lipinski definition) is 3. The van der Waals surface area contributed by atoms with E-state index in [0.717, 1.165) is 22.4 Å². The highest BCUT2D eigenvalue weighted by molar-refractivity contribution is 6.12. The normalized spacial score (nSPS) is 18.2.